The van der Waals surface area contributed by atoms with Gasteiger partial charge in [-0.2, -0.15) is 0 Å². The van der Waals surface area contributed by atoms with Crippen molar-refractivity contribution in [2.24, 2.45) is 0 Å². The average molecular weight is 307 g/mol. The molecule has 0 radical (unpaired) electrons. The molecule has 0 saturated heterocycles. The van der Waals surface area contributed by atoms with Crippen LogP contribution in [0, 0.1) is 5.82 Å². The molecule has 2 aromatic rings. The lowest BCUT2D eigenvalue weighted by Gasteiger charge is -2.07. The van der Waals surface area contributed by atoms with Gasteiger partial charge in [0.05, 0.1) is 11.3 Å². The largest absolute Gasteiger partial charge is 0.326 e. The van der Waals surface area contributed by atoms with Crippen LogP contribution in [0.15, 0.2) is 53.4 Å². The number of halogens is 1. The van der Waals surface area contributed by atoms with E-state index in [0.29, 0.717) is 11.3 Å². The fourth-order valence-corrected chi connectivity index (χ4v) is 2.46. The second-order valence-electron chi connectivity index (χ2n) is 4.65. The molecule has 2 aromatic carbocycles. The van der Waals surface area contributed by atoms with Gasteiger partial charge in [-0.15, -0.1) is 0 Å². The van der Waals surface area contributed by atoms with Crippen molar-refractivity contribution >= 4 is 21.4 Å². The summed E-state index contributed by atoms with van der Waals surface area (Å²) in [5.74, 6) is -0.660. The Bertz CT molecular complexity index is 755. The standard InChI is InChI=1S/C15H14FNO3S/c1-21(19,20)14-4-2-3-13(10-14)17-15(18)9-11-5-7-12(16)8-6-11/h2-8,10H,9H2,1H3,(H,17,18). The van der Waals surface area contributed by atoms with Crippen LogP contribution in [0.25, 0.3) is 0 Å². The zero-order valence-corrected chi connectivity index (χ0v) is 12.2. The maximum atomic E-state index is 12.8. The van der Waals surface area contributed by atoms with E-state index in [1.807, 2.05) is 0 Å². The van der Waals surface area contributed by atoms with Crippen LogP contribution in [0.2, 0.25) is 0 Å². The number of carbonyl (C=O) groups excluding carboxylic acids is 1. The highest BCUT2D eigenvalue weighted by Gasteiger charge is 2.09. The Kier molecular flexibility index (Phi) is 4.37. The fourth-order valence-electron chi connectivity index (χ4n) is 1.80. The molecule has 0 aromatic heterocycles. The predicted octanol–water partition coefficient (Wildman–Crippen LogP) is 2.41. The highest BCUT2D eigenvalue weighted by molar-refractivity contribution is 7.90. The van der Waals surface area contributed by atoms with E-state index >= 15 is 0 Å². The predicted molar refractivity (Wildman–Crippen MR) is 78.3 cm³/mol. The monoisotopic (exact) mass is 307 g/mol. The molecule has 0 unspecified atom stereocenters. The Labute approximate surface area is 122 Å². The normalized spacial score (nSPS) is 11.1. The van der Waals surface area contributed by atoms with Crippen molar-refractivity contribution in [2.75, 3.05) is 11.6 Å². The molecule has 0 saturated carbocycles. The molecule has 1 N–H and O–H groups in total. The highest BCUT2D eigenvalue weighted by Crippen LogP contribution is 2.15. The zero-order chi connectivity index (χ0) is 15.5. The van der Waals surface area contributed by atoms with E-state index in [9.17, 15) is 17.6 Å². The number of amides is 1. The van der Waals surface area contributed by atoms with Crippen LogP contribution in [-0.2, 0) is 21.1 Å². The van der Waals surface area contributed by atoms with Gasteiger partial charge in [0.15, 0.2) is 9.84 Å². The molecule has 0 bridgehead atoms. The molecule has 0 aliphatic rings. The van der Waals surface area contributed by atoms with Gasteiger partial charge in [-0.1, -0.05) is 18.2 Å². The van der Waals surface area contributed by atoms with E-state index in [2.05, 4.69) is 5.32 Å². The van der Waals surface area contributed by atoms with Gasteiger partial charge in [0.25, 0.3) is 0 Å². The first-order valence-electron chi connectivity index (χ1n) is 6.19. The van der Waals surface area contributed by atoms with Crippen molar-refractivity contribution < 1.29 is 17.6 Å². The molecule has 1 amide bonds. The summed E-state index contributed by atoms with van der Waals surface area (Å²) >= 11 is 0. The van der Waals surface area contributed by atoms with Crippen molar-refractivity contribution in [3.8, 4) is 0 Å². The van der Waals surface area contributed by atoms with Crippen LogP contribution in [0.4, 0.5) is 10.1 Å². The van der Waals surface area contributed by atoms with E-state index < -0.39 is 9.84 Å². The number of benzene rings is 2. The number of sulfone groups is 1. The minimum atomic E-state index is -3.32. The Balaban J connectivity index is 2.08. The Morgan fingerprint density at radius 3 is 2.43 bits per heavy atom. The zero-order valence-electron chi connectivity index (χ0n) is 11.3. The van der Waals surface area contributed by atoms with E-state index in [4.69, 9.17) is 0 Å². The summed E-state index contributed by atoms with van der Waals surface area (Å²) in [6.07, 6.45) is 1.19. The number of anilines is 1. The maximum Gasteiger partial charge on any atom is 0.228 e. The Morgan fingerprint density at radius 1 is 1.14 bits per heavy atom. The van der Waals surface area contributed by atoms with Crippen LogP contribution in [0.3, 0.4) is 0 Å². The van der Waals surface area contributed by atoms with Gasteiger partial charge in [-0.05, 0) is 35.9 Å². The summed E-state index contributed by atoms with van der Waals surface area (Å²) in [4.78, 5) is 12.0. The summed E-state index contributed by atoms with van der Waals surface area (Å²) in [6.45, 7) is 0. The van der Waals surface area contributed by atoms with E-state index in [-0.39, 0.29) is 23.0 Å². The molecule has 0 atom stereocenters. The topological polar surface area (TPSA) is 63.2 Å². The van der Waals surface area contributed by atoms with Gasteiger partial charge >= 0.3 is 0 Å². The smallest absolute Gasteiger partial charge is 0.228 e. The summed E-state index contributed by atoms with van der Waals surface area (Å²) in [7, 11) is -3.32. The minimum absolute atomic E-state index is 0.0867. The lowest BCUT2D eigenvalue weighted by Crippen LogP contribution is -2.14. The number of hydrogen-bond acceptors (Lipinski definition) is 3. The molecular weight excluding hydrogens is 293 g/mol. The first kappa shape index (κ1) is 15.2. The van der Waals surface area contributed by atoms with Crippen LogP contribution < -0.4 is 5.32 Å². The first-order valence-corrected chi connectivity index (χ1v) is 8.08. The third kappa shape index (κ3) is 4.39. The van der Waals surface area contributed by atoms with Crippen LogP contribution in [0.5, 0.6) is 0 Å². The molecule has 21 heavy (non-hydrogen) atoms. The summed E-state index contributed by atoms with van der Waals surface area (Å²) in [6, 6.07) is 11.7. The summed E-state index contributed by atoms with van der Waals surface area (Å²) in [5, 5.41) is 2.62. The molecule has 0 fully saturated rings. The maximum absolute atomic E-state index is 12.8. The first-order chi connectivity index (χ1) is 9.84. The lowest BCUT2D eigenvalue weighted by molar-refractivity contribution is -0.115. The summed E-state index contributed by atoms with van der Waals surface area (Å²) in [5.41, 5.74) is 1.08. The molecule has 0 spiro atoms. The Morgan fingerprint density at radius 2 is 1.81 bits per heavy atom. The van der Waals surface area contributed by atoms with Crippen LogP contribution in [-0.4, -0.2) is 20.6 Å². The second-order valence-corrected chi connectivity index (χ2v) is 6.67. The molecular formula is C15H14FNO3S. The van der Waals surface area contributed by atoms with E-state index in [1.165, 1.54) is 36.4 Å². The van der Waals surface area contributed by atoms with Crippen molar-refractivity contribution in [2.45, 2.75) is 11.3 Å². The quantitative estimate of drug-likeness (QED) is 0.943. The van der Waals surface area contributed by atoms with E-state index in [1.54, 1.807) is 12.1 Å². The molecule has 110 valence electrons. The number of carbonyl (C=O) groups is 1. The van der Waals surface area contributed by atoms with Gasteiger partial charge in [0, 0.05) is 11.9 Å². The van der Waals surface area contributed by atoms with Crippen molar-refractivity contribution in [1.82, 2.24) is 0 Å². The third-order valence-corrected chi connectivity index (χ3v) is 3.93. The molecule has 0 aliphatic carbocycles. The van der Waals surface area contributed by atoms with Crippen molar-refractivity contribution in [3.05, 3.63) is 59.9 Å². The number of rotatable bonds is 4. The third-order valence-electron chi connectivity index (χ3n) is 2.82. The number of hydrogen-bond donors (Lipinski definition) is 1. The molecule has 4 nitrogen and oxygen atoms in total. The van der Waals surface area contributed by atoms with Crippen LogP contribution >= 0.6 is 0 Å². The molecule has 0 aliphatic heterocycles. The fraction of sp³-hybridized carbons (Fsp3) is 0.133. The minimum Gasteiger partial charge on any atom is -0.326 e. The molecule has 2 rings (SSSR count). The highest BCUT2D eigenvalue weighted by atomic mass is 32.2. The van der Waals surface area contributed by atoms with Gasteiger partial charge in [-0.3, -0.25) is 4.79 Å². The van der Waals surface area contributed by atoms with Gasteiger partial charge < -0.3 is 5.32 Å². The lowest BCUT2D eigenvalue weighted by atomic mass is 10.1. The van der Waals surface area contributed by atoms with Gasteiger partial charge in [-0.25, -0.2) is 12.8 Å². The molecule has 0 heterocycles. The van der Waals surface area contributed by atoms with Crippen molar-refractivity contribution in [1.29, 1.82) is 0 Å². The molecule has 6 heteroatoms. The van der Waals surface area contributed by atoms with E-state index in [0.717, 1.165) is 6.26 Å². The second kappa shape index (κ2) is 6.05. The van der Waals surface area contributed by atoms with Crippen molar-refractivity contribution in [3.63, 3.8) is 0 Å². The SMILES string of the molecule is CS(=O)(=O)c1cccc(NC(=O)Cc2ccc(F)cc2)c1. The number of nitrogens with one attached hydrogen (secondary N) is 1. The average Bonchev–Trinajstić information content (AvgIpc) is 2.41. The van der Waals surface area contributed by atoms with Gasteiger partial charge in [0.1, 0.15) is 5.82 Å². The van der Waals surface area contributed by atoms with Crippen LogP contribution in [0.1, 0.15) is 5.56 Å². The van der Waals surface area contributed by atoms with Gasteiger partial charge in [0.2, 0.25) is 5.91 Å². The Hall–Kier alpha value is -2.21. The summed E-state index contributed by atoms with van der Waals surface area (Å²) < 4.78 is 35.7.